The molecule has 8 nitrogen and oxygen atoms in total. The molecule has 1 aromatic heterocycles. The molecule has 0 spiro atoms. The average molecular weight is 318 g/mol. The fourth-order valence-electron chi connectivity index (χ4n) is 2.79. The van der Waals surface area contributed by atoms with Gasteiger partial charge in [0.15, 0.2) is 5.75 Å². The second-order valence-electron chi connectivity index (χ2n) is 5.17. The van der Waals surface area contributed by atoms with Crippen molar-refractivity contribution in [2.45, 2.75) is 19.9 Å². The molecule has 0 amide bonds. The van der Waals surface area contributed by atoms with Gasteiger partial charge in [-0.3, -0.25) is 15.2 Å². The van der Waals surface area contributed by atoms with E-state index < -0.39 is 4.92 Å². The van der Waals surface area contributed by atoms with Crippen molar-refractivity contribution in [3.05, 3.63) is 33.5 Å². The van der Waals surface area contributed by atoms with E-state index >= 15 is 0 Å². The molecule has 0 radical (unpaired) electrons. The summed E-state index contributed by atoms with van der Waals surface area (Å²) in [5, 5.41) is 22.0. The van der Waals surface area contributed by atoms with Crippen LogP contribution in [0.1, 0.15) is 18.2 Å². The van der Waals surface area contributed by atoms with Crippen LogP contribution in [0.2, 0.25) is 0 Å². The van der Waals surface area contributed by atoms with Crippen LogP contribution < -0.4 is 14.8 Å². The number of benzene rings is 1. The van der Waals surface area contributed by atoms with Crippen LogP contribution in [0.3, 0.4) is 0 Å². The predicted octanol–water partition coefficient (Wildman–Crippen LogP) is 2.04. The molecule has 0 fully saturated rings. The minimum absolute atomic E-state index is 0.128. The Balaban J connectivity index is 2.16. The number of rotatable bonds is 5. The number of methoxy groups -OCH3 is 1. The molecular weight excluding hydrogens is 300 g/mol. The molecular formula is C15H18N4O4. The second-order valence-corrected chi connectivity index (χ2v) is 5.17. The van der Waals surface area contributed by atoms with Crippen molar-refractivity contribution in [3.8, 4) is 22.8 Å². The van der Waals surface area contributed by atoms with Gasteiger partial charge in [-0.2, -0.15) is 5.10 Å². The lowest BCUT2D eigenvalue weighted by Gasteiger charge is -2.14. The number of aromatic amines is 1. The van der Waals surface area contributed by atoms with Gasteiger partial charge >= 0.3 is 5.69 Å². The third-order valence-corrected chi connectivity index (χ3v) is 3.82. The van der Waals surface area contributed by atoms with Crippen LogP contribution in [0.5, 0.6) is 11.5 Å². The van der Waals surface area contributed by atoms with E-state index in [9.17, 15) is 10.1 Å². The third-order valence-electron chi connectivity index (χ3n) is 3.82. The first kappa shape index (κ1) is 15.3. The zero-order chi connectivity index (χ0) is 16.4. The fraction of sp³-hybridized carbons (Fsp3) is 0.400. The van der Waals surface area contributed by atoms with Gasteiger partial charge in [0.1, 0.15) is 0 Å². The molecule has 1 aliphatic rings. The topological polar surface area (TPSA) is 102 Å². The standard InChI is InChI=1S/C15H18N4O4/c1-3-23-13-7-9(6-12(19(20)21)15(13)22-2)14-10-8-16-5-4-11(10)17-18-14/h6-7,16H,3-5,8H2,1-2H3,(H,17,18). The van der Waals surface area contributed by atoms with Crippen molar-refractivity contribution in [2.24, 2.45) is 0 Å². The molecule has 0 atom stereocenters. The first-order valence-corrected chi connectivity index (χ1v) is 7.42. The molecule has 1 aliphatic heterocycles. The summed E-state index contributed by atoms with van der Waals surface area (Å²) >= 11 is 0. The van der Waals surface area contributed by atoms with Gasteiger partial charge in [-0.1, -0.05) is 0 Å². The molecule has 0 bridgehead atoms. The van der Waals surface area contributed by atoms with Gasteiger partial charge in [-0.25, -0.2) is 0 Å². The maximum atomic E-state index is 11.4. The maximum absolute atomic E-state index is 11.4. The van der Waals surface area contributed by atoms with E-state index in [1.165, 1.54) is 13.2 Å². The number of nitrogens with one attached hydrogen (secondary N) is 2. The molecule has 2 N–H and O–H groups in total. The summed E-state index contributed by atoms with van der Waals surface area (Å²) in [6.45, 7) is 3.78. The molecule has 0 aliphatic carbocycles. The van der Waals surface area contributed by atoms with Gasteiger partial charge in [0.2, 0.25) is 5.75 Å². The quantitative estimate of drug-likeness (QED) is 0.646. The first-order chi connectivity index (χ1) is 11.2. The van der Waals surface area contributed by atoms with Crippen LogP contribution in [0.4, 0.5) is 5.69 Å². The van der Waals surface area contributed by atoms with Crippen molar-refractivity contribution in [1.82, 2.24) is 15.5 Å². The van der Waals surface area contributed by atoms with Crippen molar-refractivity contribution in [3.63, 3.8) is 0 Å². The van der Waals surface area contributed by atoms with Crippen LogP contribution in [-0.2, 0) is 13.0 Å². The van der Waals surface area contributed by atoms with E-state index in [4.69, 9.17) is 9.47 Å². The number of fused-ring (bicyclic) bond motifs is 1. The van der Waals surface area contributed by atoms with Crippen LogP contribution in [0, 0.1) is 10.1 Å². The summed E-state index contributed by atoms with van der Waals surface area (Å²) in [5.41, 5.74) is 3.32. The number of nitro groups is 1. The van der Waals surface area contributed by atoms with Gasteiger partial charge in [-0.05, 0) is 13.0 Å². The number of ether oxygens (including phenoxy) is 2. The largest absolute Gasteiger partial charge is 0.490 e. The van der Waals surface area contributed by atoms with Crippen LogP contribution >= 0.6 is 0 Å². The zero-order valence-electron chi connectivity index (χ0n) is 13.0. The molecule has 0 saturated heterocycles. The molecule has 0 unspecified atom stereocenters. The fourth-order valence-corrected chi connectivity index (χ4v) is 2.79. The van der Waals surface area contributed by atoms with Gasteiger partial charge in [-0.15, -0.1) is 0 Å². The summed E-state index contributed by atoms with van der Waals surface area (Å²) < 4.78 is 10.7. The Morgan fingerprint density at radius 3 is 2.96 bits per heavy atom. The highest BCUT2D eigenvalue weighted by Crippen LogP contribution is 2.41. The van der Waals surface area contributed by atoms with Crippen molar-refractivity contribution in [2.75, 3.05) is 20.3 Å². The molecule has 2 aromatic rings. The lowest BCUT2D eigenvalue weighted by molar-refractivity contribution is -0.385. The van der Waals surface area contributed by atoms with E-state index in [0.29, 0.717) is 30.2 Å². The summed E-state index contributed by atoms with van der Waals surface area (Å²) in [6, 6.07) is 3.22. The van der Waals surface area contributed by atoms with Gasteiger partial charge < -0.3 is 14.8 Å². The Labute approximate surface area is 132 Å². The van der Waals surface area contributed by atoms with E-state index in [1.807, 2.05) is 6.92 Å². The summed E-state index contributed by atoms with van der Waals surface area (Å²) in [7, 11) is 1.39. The van der Waals surface area contributed by atoms with Gasteiger partial charge in [0.05, 0.1) is 24.3 Å². The molecule has 0 saturated carbocycles. The van der Waals surface area contributed by atoms with E-state index in [0.717, 1.165) is 24.2 Å². The van der Waals surface area contributed by atoms with E-state index in [1.54, 1.807) is 6.07 Å². The number of nitro benzene ring substituents is 1. The summed E-state index contributed by atoms with van der Waals surface area (Å²) in [6.07, 6.45) is 0.860. The van der Waals surface area contributed by atoms with Crippen molar-refractivity contribution < 1.29 is 14.4 Å². The highest BCUT2D eigenvalue weighted by molar-refractivity contribution is 5.73. The normalized spacial score (nSPS) is 13.5. The number of nitrogens with zero attached hydrogens (tertiary/aromatic N) is 2. The Morgan fingerprint density at radius 2 is 2.26 bits per heavy atom. The van der Waals surface area contributed by atoms with Crippen molar-refractivity contribution in [1.29, 1.82) is 0 Å². The average Bonchev–Trinajstić information content (AvgIpc) is 2.98. The number of H-pyrrole nitrogens is 1. The Hall–Kier alpha value is -2.61. The second kappa shape index (κ2) is 6.25. The van der Waals surface area contributed by atoms with E-state index in [2.05, 4.69) is 15.5 Å². The molecule has 2 heterocycles. The Bertz CT molecular complexity index is 741. The molecule has 1 aromatic carbocycles. The van der Waals surface area contributed by atoms with Crippen LogP contribution in [-0.4, -0.2) is 35.4 Å². The maximum Gasteiger partial charge on any atom is 0.315 e. The molecule has 8 heteroatoms. The lowest BCUT2D eigenvalue weighted by atomic mass is 10.0. The van der Waals surface area contributed by atoms with Crippen LogP contribution in [0.15, 0.2) is 12.1 Å². The molecule has 3 rings (SSSR count). The lowest BCUT2D eigenvalue weighted by Crippen LogP contribution is -2.23. The minimum atomic E-state index is -0.470. The summed E-state index contributed by atoms with van der Waals surface area (Å²) in [5.74, 6) is 0.475. The monoisotopic (exact) mass is 318 g/mol. The predicted molar refractivity (Wildman–Crippen MR) is 83.8 cm³/mol. The number of hydrogen-bond acceptors (Lipinski definition) is 6. The Morgan fingerprint density at radius 1 is 1.43 bits per heavy atom. The van der Waals surface area contributed by atoms with E-state index in [-0.39, 0.29) is 11.4 Å². The third kappa shape index (κ3) is 2.72. The highest BCUT2D eigenvalue weighted by Gasteiger charge is 2.25. The van der Waals surface area contributed by atoms with Gasteiger partial charge in [0.25, 0.3) is 0 Å². The number of hydrogen-bond donors (Lipinski definition) is 2. The number of aromatic nitrogens is 2. The Kier molecular flexibility index (Phi) is 4.16. The minimum Gasteiger partial charge on any atom is -0.490 e. The SMILES string of the molecule is CCOc1cc(-c2n[nH]c3c2CNCC3)cc([N+](=O)[O-])c1OC. The first-order valence-electron chi connectivity index (χ1n) is 7.42. The summed E-state index contributed by atoms with van der Waals surface area (Å²) in [4.78, 5) is 10.9. The molecule has 122 valence electrons. The zero-order valence-corrected chi connectivity index (χ0v) is 13.0. The van der Waals surface area contributed by atoms with Crippen LogP contribution in [0.25, 0.3) is 11.3 Å². The van der Waals surface area contributed by atoms with Crippen molar-refractivity contribution >= 4 is 5.69 Å². The molecule has 23 heavy (non-hydrogen) atoms. The smallest absolute Gasteiger partial charge is 0.315 e. The highest BCUT2D eigenvalue weighted by atomic mass is 16.6. The van der Waals surface area contributed by atoms with Gasteiger partial charge in [0, 0.05) is 42.4 Å².